The van der Waals surface area contributed by atoms with Crippen LogP contribution in [-0.2, 0) is 11.3 Å². The van der Waals surface area contributed by atoms with Crippen LogP contribution >= 0.6 is 11.3 Å². The van der Waals surface area contributed by atoms with Crippen molar-refractivity contribution < 1.29 is 23.7 Å². The Morgan fingerprint density at radius 2 is 1.69 bits per heavy atom. The van der Waals surface area contributed by atoms with E-state index in [1.807, 2.05) is 16.7 Å². The predicted octanol–water partition coefficient (Wildman–Crippen LogP) is 4.27. The van der Waals surface area contributed by atoms with Crippen molar-refractivity contribution in [1.29, 1.82) is 0 Å². The fraction of sp³-hybridized carbons (Fsp3) is 0.250. The fourth-order valence-electron chi connectivity index (χ4n) is 3.64. The average Bonchev–Trinajstić information content (AvgIpc) is 3.18. The van der Waals surface area contributed by atoms with Crippen molar-refractivity contribution in [2.75, 3.05) is 35.0 Å². The van der Waals surface area contributed by atoms with Crippen molar-refractivity contribution in [3.05, 3.63) is 58.9 Å². The quantitative estimate of drug-likeness (QED) is 0.419. The van der Waals surface area contributed by atoms with E-state index in [9.17, 15) is 4.79 Å². The highest BCUT2D eigenvalue weighted by Crippen LogP contribution is 2.38. The van der Waals surface area contributed by atoms with Crippen LogP contribution in [0.1, 0.15) is 10.4 Å². The maximum atomic E-state index is 13.2. The Morgan fingerprint density at radius 1 is 0.969 bits per heavy atom. The largest absolute Gasteiger partial charge is 0.493 e. The lowest BCUT2D eigenvalue weighted by Crippen LogP contribution is -2.19. The van der Waals surface area contributed by atoms with E-state index in [1.54, 1.807) is 19.2 Å². The van der Waals surface area contributed by atoms with Gasteiger partial charge in [0.1, 0.15) is 0 Å². The van der Waals surface area contributed by atoms with Crippen molar-refractivity contribution in [3.63, 3.8) is 0 Å². The maximum Gasteiger partial charge on any atom is 0.279 e. The van der Waals surface area contributed by atoms with Crippen LogP contribution in [0.5, 0.6) is 17.2 Å². The lowest BCUT2D eigenvalue weighted by atomic mass is 10.1. The van der Waals surface area contributed by atoms with E-state index >= 15 is 0 Å². The molecule has 1 amide bonds. The highest BCUT2D eigenvalue weighted by atomic mass is 32.1. The van der Waals surface area contributed by atoms with E-state index in [0.717, 1.165) is 21.0 Å². The van der Waals surface area contributed by atoms with Crippen LogP contribution in [0.25, 0.3) is 21.0 Å². The third kappa shape index (κ3) is 3.94. The van der Waals surface area contributed by atoms with Gasteiger partial charge in [-0.2, -0.15) is 4.99 Å². The lowest BCUT2D eigenvalue weighted by Gasteiger charge is -2.12. The van der Waals surface area contributed by atoms with E-state index in [4.69, 9.17) is 18.9 Å². The Bertz CT molecular complexity index is 1330. The molecule has 0 atom stereocenters. The number of benzene rings is 3. The third-order valence-electron chi connectivity index (χ3n) is 5.20. The van der Waals surface area contributed by atoms with Gasteiger partial charge in [-0.15, -0.1) is 0 Å². The number of aromatic nitrogens is 1. The first-order valence-electron chi connectivity index (χ1n) is 10.00. The van der Waals surface area contributed by atoms with Crippen LogP contribution in [0.15, 0.2) is 53.5 Å². The summed E-state index contributed by atoms with van der Waals surface area (Å²) in [5.41, 5.74) is 1.36. The van der Waals surface area contributed by atoms with Crippen molar-refractivity contribution in [3.8, 4) is 17.2 Å². The summed E-state index contributed by atoms with van der Waals surface area (Å²) >= 11 is 1.49. The molecule has 1 heterocycles. The van der Waals surface area contributed by atoms with Crippen LogP contribution in [-0.4, -0.2) is 45.5 Å². The Labute approximate surface area is 189 Å². The molecule has 0 saturated heterocycles. The van der Waals surface area contributed by atoms with E-state index in [2.05, 4.69) is 29.3 Å². The van der Waals surface area contributed by atoms with E-state index < -0.39 is 5.91 Å². The fourth-order valence-corrected chi connectivity index (χ4v) is 4.83. The second kappa shape index (κ2) is 9.42. The first-order chi connectivity index (χ1) is 15.6. The van der Waals surface area contributed by atoms with Crippen molar-refractivity contribution in [2.24, 2.45) is 4.99 Å². The molecule has 32 heavy (non-hydrogen) atoms. The van der Waals surface area contributed by atoms with Gasteiger partial charge in [-0.3, -0.25) is 4.79 Å². The van der Waals surface area contributed by atoms with Crippen LogP contribution < -0.4 is 19.0 Å². The zero-order valence-corrected chi connectivity index (χ0v) is 19.2. The molecule has 0 aliphatic carbocycles. The minimum absolute atomic E-state index is 0.347. The molecule has 3 aromatic carbocycles. The molecular formula is C24H24N2O5S. The second-order valence-electron chi connectivity index (χ2n) is 6.99. The molecule has 7 nitrogen and oxygen atoms in total. The van der Waals surface area contributed by atoms with Crippen molar-refractivity contribution in [2.45, 2.75) is 6.54 Å². The molecule has 0 N–H and O–H groups in total. The summed E-state index contributed by atoms with van der Waals surface area (Å²) < 4.78 is 24.5. The van der Waals surface area contributed by atoms with E-state index in [1.165, 1.54) is 32.7 Å². The summed E-state index contributed by atoms with van der Waals surface area (Å²) in [5.74, 6) is 0.835. The number of methoxy groups -OCH3 is 4. The monoisotopic (exact) mass is 452 g/mol. The standard InChI is InChI=1S/C24H24N2O5S/c1-28-12-11-26-18-10-9-15-7-5-6-8-17(15)22(18)32-24(26)25-23(27)16-13-19(29-2)21(31-4)20(14-16)30-3/h5-10,13-14H,11-12H2,1-4H3. The second-order valence-corrected chi connectivity index (χ2v) is 7.97. The van der Waals surface area contributed by atoms with E-state index in [0.29, 0.717) is 40.8 Å². The van der Waals surface area contributed by atoms with Gasteiger partial charge in [0.2, 0.25) is 5.75 Å². The third-order valence-corrected chi connectivity index (χ3v) is 6.33. The highest BCUT2D eigenvalue weighted by Gasteiger charge is 2.18. The number of ether oxygens (including phenoxy) is 4. The molecule has 1 aromatic heterocycles. The topological polar surface area (TPSA) is 71.3 Å². The Balaban J connectivity index is 1.89. The van der Waals surface area contributed by atoms with Gasteiger partial charge in [-0.05, 0) is 23.6 Å². The maximum absolute atomic E-state index is 13.2. The normalized spacial score (nSPS) is 11.8. The number of hydrogen-bond acceptors (Lipinski definition) is 6. The number of carbonyl (C=O) groups is 1. The summed E-state index contributed by atoms with van der Waals surface area (Å²) in [7, 11) is 6.20. The van der Waals surface area contributed by atoms with Gasteiger partial charge in [-0.1, -0.05) is 41.7 Å². The SMILES string of the molecule is COCCn1c(=NC(=O)c2cc(OC)c(OC)c(OC)c2)sc2c3ccccc3ccc21. The summed E-state index contributed by atoms with van der Waals surface area (Å²) in [6, 6.07) is 15.5. The van der Waals surface area contributed by atoms with Crippen LogP contribution in [0, 0.1) is 0 Å². The molecule has 8 heteroatoms. The highest BCUT2D eigenvalue weighted by molar-refractivity contribution is 7.17. The molecule has 0 aliphatic rings. The van der Waals surface area contributed by atoms with Gasteiger partial charge < -0.3 is 23.5 Å². The van der Waals surface area contributed by atoms with Gasteiger partial charge in [0.15, 0.2) is 16.3 Å². The first kappa shape index (κ1) is 21.9. The summed E-state index contributed by atoms with van der Waals surface area (Å²) in [4.78, 5) is 18.2. The van der Waals surface area contributed by atoms with Gasteiger partial charge in [0.25, 0.3) is 5.91 Å². The Hall–Kier alpha value is -3.36. The summed E-state index contributed by atoms with van der Waals surface area (Å²) in [6.45, 7) is 1.08. The average molecular weight is 453 g/mol. The van der Waals surface area contributed by atoms with Gasteiger partial charge in [0, 0.05) is 24.6 Å². The molecule has 0 radical (unpaired) electrons. The minimum Gasteiger partial charge on any atom is -0.493 e. The van der Waals surface area contributed by atoms with Gasteiger partial charge >= 0.3 is 0 Å². The molecule has 0 spiro atoms. The number of carbonyl (C=O) groups excluding carboxylic acids is 1. The molecule has 4 rings (SSSR count). The zero-order valence-electron chi connectivity index (χ0n) is 18.4. The molecule has 4 aromatic rings. The number of hydrogen-bond donors (Lipinski definition) is 0. The molecule has 0 bridgehead atoms. The minimum atomic E-state index is -0.397. The Morgan fingerprint density at radius 3 is 2.34 bits per heavy atom. The van der Waals surface area contributed by atoms with Crippen LogP contribution in [0.3, 0.4) is 0 Å². The molecule has 0 unspecified atom stereocenters. The van der Waals surface area contributed by atoms with Crippen LogP contribution in [0.4, 0.5) is 0 Å². The van der Waals surface area contributed by atoms with Crippen molar-refractivity contribution >= 4 is 38.2 Å². The first-order valence-corrected chi connectivity index (χ1v) is 10.8. The number of thiazole rings is 1. The number of fused-ring (bicyclic) bond motifs is 3. The lowest BCUT2D eigenvalue weighted by molar-refractivity contribution is 0.0996. The number of nitrogens with zero attached hydrogens (tertiary/aromatic N) is 2. The molecule has 0 fully saturated rings. The summed E-state index contributed by atoms with van der Waals surface area (Å²) in [6.07, 6.45) is 0. The predicted molar refractivity (Wildman–Crippen MR) is 125 cm³/mol. The number of rotatable bonds is 7. The molecular weight excluding hydrogens is 428 g/mol. The smallest absolute Gasteiger partial charge is 0.279 e. The van der Waals surface area contributed by atoms with E-state index in [-0.39, 0.29) is 0 Å². The van der Waals surface area contributed by atoms with Crippen LogP contribution in [0.2, 0.25) is 0 Å². The van der Waals surface area contributed by atoms with Gasteiger partial charge in [0.05, 0.1) is 38.2 Å². The zero-order chi connectivity index (χ0) is 22.7. The van der Waals surface area contributed by atoms with Crippen molar-refractivity contribution in [1.82, 2.24) is 4.57 Å². The summed E-state index contributed by atoms with van der Waals surface area (Å²) in [5, 5.41) is 2.27. The Kier molecular flexibility index (Phi) is 6.43. The van der Waals surface area contributed by atoms with Gasteiger partial charge in [-0.25, -0.2) is 0 Å². The molecule has 0 aliphatic heterocycles. The molecule has 166 valence electrons. The molecule has 0 saturated carbocycles. The number of amides is 1.